The largest absolute Gasteiger partial charge is 0.485 e. The standard InChI is InChI=1S/C16H13BrN2O5/c17-14-7-5-10(23-14)6-8-15(20)18-19-16(21)13-9-22-11-3-1-2-4-12(11)24-13/h1-8,13H,9H2,(H,18,20)(H,19,21)/b8-6+/t13-/m0/s1. The molecular weight excluding hydrogens is 380 g/mol. The fraction of sp³-hybridized carbons (Fsp3) is 0.125. The zero-order chi connectivity index (χ0) is 16.9. The third-order valence-corrected chi connectivity index (χ3v) is 3.53. The molecule has 0 spiro atoms. The van der Waals surface area contributed by atoms with Crippen molar-refractivity contribution >= 4 is 33.8 Å². The summed E-state index contributed by atoms with van der Waals surface area (Å²) < 4.78 is 16.7. The molecule has 1 atom stereocenters. The van der Waals surface area contributed by atoms with E-state index in [0.717, 1.165) is 0 Å². The molecule has 2 heterocycles. The summed E-state index contributed by atoms with van der Waals surface area (Å²) >= 11 is 3.16. The lowest BCUT2D eigenvalue weighted by molar-refractivity contribution is -0.134. The summed E-state index contributed by atoms with van der Waals surface area (Å²) in [5, 5.41) is 0. The lowest BCUT2D eigenvalue weighted by atomic mass is 10.2. The van der Waals surface area contributed by atoms with Gasteiger partial charge in [0, 0.05) is 6.08 Å². The molecule has 0 fully saturated rings. The first kappa shape index (κ1) is 16.1. The molecule has 3 rings (SSSR count). The van der Waals surface area contributed by atoms with Gasteiger partial charge in [0.1, 0.15) is 12.4 Å². The molecule has 1 aromatic carbocycles. The van der Waals surface area contributed by atoms with Crippen molar-refractivity contribution < 1.29 is 23.5 Å². The molecule has 2 aromatic rings. The highest BCUT2D eigenvalue weighted by atomic mass is 79.9. The van der Waals surface area contributed by atoms with Crippen molar-refractivity contribution in [3.05, 3.63) is 52.9 Å². The van der Waals surface area contributed by atoms with Gasteiger partial charge in [0.05, 0.1) is 0 Å². The highest BCUT2D eigenvalue weighted by Crippen LogP contribution is 2.30. The quantitative estimate of drug-likeness (QED) is 0.616. The first-order valence-corrected chi connectivity index (χ1v) is 7.83. The molecule has 24 heavy (non-hydrogen) atoms. The fourth-order valence-electron chi connectivity index (χ4n) is 1.97. The van der Waals surface area contributed by atoms with Gasteiger partial charge in [0.15, 0.2) is 16.2 Å². The zero-order valence-electron chi connectivity index (χ0n) is 12.3. The molecule has 2 amide bonds. The average Bonchev–Trinajstić information content (AvgIpc) is 3.02. The second-order valence-corrected chi connectivity index (χ2v) is 5.60. The van der Waals surface area contributed by atoms with Crippen LogP contribution in [0.3, 0.4) is 0 Å². The van der Waals surface area contributed by atoms with Crippen LogP contribution in [0.2, 0.25) is 0 Å². The van der Waals surface area contributed by atoms with E-state index in [4.69, 9.17) is 13.9 Å². The van der Waals surface area contributed by atoms with Gasteiger partial charge < -0.3 is 13.9 Å². The van der Waals surface area contributed by atoms with E-state index in [-0.39, 0.29) is 6.61 Å². The predicted molar refractivity (Wildman–Crippen MR) is 88.1 cm³/mol. The number of ether oxygens (including phenoxy) is 2. The van der Waals surface area contributed by atoms with Gasteiger partial charge in [-0.25, -0.2) is 0 Å². The van der Waals surface area contributed by atoms with Crippen molar-refractivity contribution in [2.24, 2.45) is 0 Å². The van der Waals surface area contributed by atoms with Crippen molar-refractivity contribution in [2.75, 3.05) is 6.61 Å². The van der Waals surface area contributed by atoms with E-state index in [2.05, 4.69) is 26.8 Å². The number of carbonyl (C=O) groups excluding carboxylic acids is 2. The van der Waals surface area contributed by atoms with Crippen LogP contribution in [-0.4, -0.2) is 24.5 Å². The SMILES string of the molecule is O=C(/C=C/c1ccc(Br)o1)NNC(=O)[C@@H]1COc2ccccc2O1. The van der Waals surface area contributed by atoms with Gasteiger partial charge in [0.2, 0.25) is 6.10 Å². The summed E-state index contributed by atoms with van der Waals surface area (Å²) in [6.07, 6.45) is 1.87. The normalized spacial score (nSPS) is 16.0. The minimum absolute atomic E-state index is 0.0645. The number of hydrogen-bond donors (Lipinski definition) is 2. The number of benzene rings is 1. The second-order valence-electron chi connectivity index (χ2n) is 4.82. The minimum Gasteiger partial charge on any atom is -0.485 e. The molecule has 124 valence electrons. The number of amides is 2. The summed E-state index contributed by atoms with van der Waals surface area (Å²) in [4.78, 5) is 23.7. The number of hydrazine groups is 1. The van der Waals surface area contributed by atoms with Crippen molar-refractivity contribution in [1.82, 2.24) is 10.9 Å². The van der Waals surface area contributed by atoms with Gasteiger partial charge in [-0.15, -0.1) is 0 Å². The maximum atomic E-state index is 12.0. The Morgan fingerprint density at radius 1 is 1.12 bits per heavy atom. The van der Waals surface area contributed by atoms with Crippen LogP contribution >= 0.6 is 15.9 Å². The number of fused-ring (bicyclic) bond motifs is 1. The van der Waals surface area contributed by atoms with Crippen LogP contribution in [0.5, 0.6) is 11.5 Å². The van der Waals surface area contributed by atoms with E-state index < -0.39 is 17.9 Å². The Balaban J connectivity index is 1.49. The van der Waals surface area contributed by atoms with Crippen LogP contribution < -0.4 is 20.3 Å². The van der Waals surface area contributed by atoms with Crippen molar-refractivity contribution in [3.8, 4) is 11.5 Å². The first-order valence-electron chi connectivity index (χ1n) is 7.03. The fourth-order valence-corrected chi connectivity index (χ4v) is 2.29. The van der Waals surface area contributed by atoms with Crippen LogP contribution in [-0.2, 0) is 9.59 Å². The highest BCUT2D eigenvalue weighted by Gasteiger charge is 2.27. The highest BCUT2D eigenvalue weighted by molar-refractivity contribution is 9.10. The lowest BCUT2D eigenvalue weighted by Crippen LogP contribution is -2.50. The molecule has 0 saturated heterocycles. The van der Waals surface area contributed by atoms with Gasteiger partial charge in [-0.2, -0.15) is 0 Å². The van der Waals surface area contributed by atoms with Gasteiger partial charge in [-0.05, 0) is 46.3 Å². The molecule has 0 bridgehead atoms. The lowest BCUT2D eigenvalue weighted by Gasteiger charge is -2.25. The van der Waals surface area contributed by atoms with Gasteiger partial charge in [-0.3, -0.25) is 20.4 Å². The molecule has 1 aromatic heterocycles. The van der Waals surface area contributed by atoms with Gasteiger partial charge in [0.25, 0.3) is 11.8 Å². The Kier molecular flexibility index (Phi) is 4.85. The zero-order valence-corrected chi connectivity index (χ0v) is 13.9. The third kappa shape index (κ3) is 3.96. The number of nitrogens with one attached hydrogen (secondary N) is 2. The Hall–Kier alpha value is -2.74. The molecular formula is C16H13BrN2O5. The molecule has 8 heteroatoms. The second kappa shape index (κ2) is 7.22. The van der Waals surface area contributed by atoms with Gasteiger partial charge in [-0.1, -0.05) is 12.1 Å². The van der Waals surface area contributed by atoms with Crippen LogP contribution in [0.25, 0.3) is 6.08 Å². The minimum atomic E-state index is -0.842. The van der Waals surface area contributed by atoms with Crippen LogP contribution in [0.15, 0.2) is 51.6 Å². The Morgan fingerprint density at radius 2 is 1.92 bits per heavy atom. The summed E-state index contributed by atoms with van der Waals surface area (Å²) in [6, 6.07) is 10.4. The van der Waals surface area contributed by atoms with Crippen molar-refractivity contribution in [1.29, 1.82) is 0 Å². The summed E-state index contributed by atoms with van der Waals surface area (Å²) in [7, 11) is 0. The number of rotatable bonds is 3. The summed E-state index contributed by atoms with van der Waals surface area (Å²) in [5.41, 5.74) is 4.56. The predicted octanol–water partition coefficient (Wildman–Crippen LogP) is 2.04. The number of furan rings is 1. The van der Waals surface area contributed by atoms with Gasteiger partial charge >= 0.3 is 0 Å². The van der Waals surface area contributed by atoms with Crippen LogP contribution in [0, 0.1) is 0 Å². The monoisotopic (exact) mass is 392 g/mol. The molecule has 0 unspecified atom stereocenters. The summed E-state index contributed by atoms with van der Waals surface area (Å²) in [6.45, 7) is 0.0645. The Morgan fingerprint density at radius 3 is 2.67 bits per heavy atom. The van der Waals surface area contributed by atoms with E-state index in [1.54, 1.807) is 30.3 Å². The summed E-state index contributed by atoms with van der Waals surface area (Å²) in [5.74, 6) is 0.556. The molecule has 0 radical (unpaired) electrons. The Bertz CT molecular complexity index is 786. The molecule has 0 aliphatic carbocycles. The average molecular weight is 393 g/mol. The van der Waals surface area contributed by atoms with E-state index in [9.17, 15) is 9.59 Å². The number of para-hydroxylation sites is 2. The van der Waals surface area contributed by atoms with E-state index >= 15 is 0 Å². The maximum Gasteiger partial charge on any atom is 0.283 e. The molecule has 1 aliphatic rings. The third-order valence-electron chi connectivity index (χ3n) is 3.10. The number of carbonyl (C=O) groups is 2. The van der Waals surface area contributed by atoms with E-state index in [1.165, 1.54) is 12.2 Å². The number of halogens is 1. The maximum absolute atomic E-state index is 12.0. The van der Waals surface area contributed by atoms with Crippen LogP contribution in [0.1, 0.15) is 5.76 Å². The number of hydrogen-bond acceptors (Lipinski definition) is 5. The van der Waals surface area contributed by atoms with E-state index in [1.807, 2.05) is 6.07 Å². The van der Waals surface area contributed by atoms with Crippen molar-refractivity contribution in [2.45, 2.75) is 6.10 Å². The molecule has 0 saturated carbocycles. The Labute approximate surface area is 145 Å². The van der Waals surface area contributed by atoms with E-state index in [0.29, 0.717) is 21.9 Å². The van der Waals surface area contributed by atoms with Crippen LogP contribution in [0.4, 0.5) is 0 Å². The molecule has 2 N–H and O–H groups in total. The topological polar surface area (TPSA) is 89.8 Å². The first-order chi connectivity index (χ1) is 11.6. The molecule has 7 nitrogen and oxygen atoms in total. The van der Waals surface area contributed by atoms with Crippen molar-refractivity contribution in [3.63, 3.8) is 0 Å². The smallest absolute Gasteiger partial charge is 0.283 e. The molecule has 1 aliphatic heterocycles.